The maximum atomic E-state index is 11.4. The summed E-state index contributed by atoms with van der Waals surface area (Å²) in [6.45, 7) is 2.09. The van der Waals surface area contributed by atoms with Gasteiger partial charge in [0.2, 0.25) is 5.91 Å². The first kappa shape index (κ1) is 9.71. The molecule has 0 saturated carbocycles. The highest BCUT2D eigenvalue weighted by Gasteiger charge is 2.24. The summed E-state index contributed by atoms with van der Waals surface area (Å²) in [7, 11) is 1.82. The summed E-state index contributed by atoms with van der Waals surface area (Å²) in [5.74, 6) is 0.180. The molecule has 3 heteroatoms. The molecule has 2 rings (SSSR count). The lowest BCUT2D eigenvalue weighted by Crippen LogP contribution is -2.20. The van der Waals surface area contributed by atoms with Gasteiger partial charge in [-0.3, -0.25) is 4.79 Å². The minimum absolute atomic E-state index is 0.180. The summed E-state index contributed by atoms with van der Waals surface area (Å²) in [5.41, 5.74) is 3.42. The van der Waals surface area contributed by atoms with Crippen molar-refractivity contribution < 1.29 is 4.79 Å². The van der Waals surface area contributed by atoms with E-state index in [1.165, 1.54) is 5.56 Å². The Bertz CT molecular complexity index is 387. The molecule has 0 bridgehead atoms. The van der Waals surface area contributed by atoms with Crippen molar-refractivity contribution in [3.8, 4) is 0 Å². The van der Waals surface area contributed by atoms with Gasteiger partial charge in [0.25, 0.3) is 0 Å². The van der Waals surface area contributed by atoms with Gasteiger partial charge >= 0.3 is 0 Å². The summed E-state index contributed by atoms with van der Waals surface area (Å²) < 4.78 is 0. The lowest BCUT2D eigenvalue weighted by molar-refractivity contribution is -0.117. The molecule has 1 amide bonds. The van der Waals surface area contributed by atoms with Crippen LogP contribution in [0.3, 0.4) is 0 Å². The number of alkyl halides is 1. The lowest BCUT2D eigenvalue weighted by Gasteiger charge is -2.11. The Labute approximate surface area is 92.0 Å². The number of carbonyl (C=O) groups excluding carboxylic acids is 1. The highest BCUT2D eigenvalue weighted by Crippen LogP contribution is 2.32. The Morgan fingerprint density at radius 3 is 2.86 bits per heavy atom. The number of likely N-dealkylation sites (N-methyl/N-ethyl adjacent to an activating group) is 1. The van der Waals surface area contributed by atoms with Crippen LogP contribution < -0.4 is 4.90 Å². The van der Waals surface area contributed by atoms with E-state index in [-0.39, 0.29) is 5.91 Å². The van der Waals surface area contributed by atoms with Crippen LogP contribution in [-0.4, -0.2) is 13.0 Å². The zero-order chi connectivity index (χ0) is 10.3. The predicted molar refractivity (Wildman–Crippen MR) is 60.9 cm³/mol. The number of nitrogens with zero attached hydrogens (tertiary/aromatic N) is 1. The minimum atomic E-state index is 0.180. The average molecular weight is 254 g/mol. The summed E-state index contributed by atoms with van der Waals surface area (Å²) in [6.07, 6.45) is 0.541. The molecule has 14 heavy (non-hydrogen) atoms. The standard InChI is InChI=1S/C11H12BrNO/c1-7(12)8-3-4-10-9(5-8)6-11(14)13(10)2/h3-5,7H,6H2,1-2H3. The van der Waals surface area contributed by atoms with Crippen LogP contribution in [0.2, 0.25) is 0 Å². The van der Waals surface area contributed by atoms with E-state index in [9.17, 15) is 4.79 Å². The van der Waals surface area contributed by atoms with E-state index in [0.717, 1.165) is 11.3 Å². The molecule has 0 aliphatic carbocycles. The molecule has 2 nitrogen and oxygen atoms in total. The first-order chi connectivity index (χ1) is 6.59. The van der Waals surface area contributed by atoms with Gasteiger partial charge < -0.3 is 4.90 Å². The zero-order valence-corrected chi connectivity index (χ0v) is 9.84. The molecule has 1 unspecified atom stereocenters. The van der Waals surface area contributed by atoms with Crippen LogP contribution in [0, 0.1) is 0 Å². The van der Waals surface area contributed by atoms with Gasteiger partial charge in [-0.05, 0) is 24.1 Å². The second-order valence-electron chi connectivity index (χ2n) is 3.63. The Morgan fingerprint density at radius 1 is 1.50 bits per heavy atom. The minimum Gasteiger partial charge on any atom is -0.315 e. The Kier molecular flexibility index (Phi) is 2.35. The van der Waals surface area contributed by atoms with Gasteiger partial charge in [0, 0.05) is 17.6 Å². The van der Waals surface area contributed by atoms with Crippen molar-refractivity contribution in [2.24, 2.45) is 0 Å². The van der Waals surface area contributed by atoms with Crippen molar-refractivity contribution in [3.05, 3.63) is 29.3 Å². The van der Waals surface area contributed by atoms with Crippen molar-refractivity contribution in [1.82, 2.24) is 0 Å². The van der Waals surface area contributed by atoms with E-state index < -0.39 is 0 Å². The maximum absolute atomic E-state index is 11.4. The maximum Gasteiger partial charge on any atom is 0.231 e. The molecule has 0 N–H and O–H groups in total. The number of carbonyl (C=O) groups is 1. The molecule has 0 fully saturated rings. The topological polar surface area (TPSA) is 20.3 Å². The second kappa shape index (κ2) is 3.39. The molecule has 1 aromatic rings. The molecule has 1 aliphatic heterocycles. The molecule has 0 aromatic heterocycles. The number of rotatable bonds is 1. The van der Waals surface area contributed by atoms with E-state index in [2.05, 4.69) is 35.0 Å². The summed E-state index contributed by atoms with van der Waals surface area (Å²) in [6, 6.07) is 6.19. The monoisotopic (exact) mass is 253 g/mol. The number of amides is 1. The molecule has 0 saturated heterocycles. The highest BCUT2D eigenvalue weighted by atomic mass is 79.9. The molecule has 1 aliphatic rings. The van der Waals surface area contributed by atoms with Gasteiger partial charge in [0.15, 0.2) is 0 Å². The van der Waals surface area contributed by atoms with Gasteiger partial charge in [-0.1, -0.05) is 28.1 Å². The lowest BCUT2D eigenvalue weighted by atomic mass is 10.1. The number of anilines is 1. The van der Waals surface area contributed by atoms with Gasteiger partial charge in [-0.25, -0.2) is 0 Å². The molecule has 1 heterocycles. The van der Waals surface area contributed by atoms with Crippen molar-refractivity contribution in [1.29, 1.82) is 0 Å². The summed E-state index contributed by atoms with van der Waals surface area (Å²) in [5, 5.41) is 0. The SMILES string of the molecule is CC(Br)c1ccc2c(c1)CC(=O)N2C. The fraction of sp³-hybridized carbons (Fsp3) is 0.364. The first-order valence-corrected chi connectivity index (χ1v) is 5.54. The molecular formula is C11H12BrNO. The van der Waals surface area contributed by atoms with E-state index in [4.69, 9.17) is 0 Å². The molecular weight excluding hydrogens is 242 g/mol. The van der Waals surface area contributed by atoms with Crippen LogP contribution in [0.15, 0.2) is 18.2 Å². The molecule has 1 aromatic carbocycles. The quantitative estimate of drug-likeness (QED) is 0.705. The van der Waals surface area contributed by atoms with Crippen LogP contribution in [0.25, 0.3) is 0 Å². The van der Waals surface area contributed by atoms with Gasteiger partial charge in [0.05, 0.1) is 6.42 Å². The van der Waals surface area contributed by atoms with Crippen molar-refractivity contribution in [3.63, 3.8) is 0 Å². The van der Waals surface area contributed by atoms with Crippen molar-refractivity contribution in [2.75, 3.05) is 11.9 Å². The number of fused-ring (bicyclic) bond motifs is 1. The van der Waals surface area contributed by atoms with Crippen LogP contribution in [0.4, 0.5) is 5.69 Å². The van der Waals surface area contributed by atoms with Crippen molar-refractivity contribution in [2.45, 2.75) is 18.2 Å². The number of benzene rings is 1. The number of hydrogen-bond acceptors (Lipinski definition) is 1. The van der Waals surface area contributed by atoms with E-state index in [1.807, 2.05) is 13.1 Å². The molecule has 0 spiro atoms. The summed E-state index contributed by atoms with van der Waals surface area (Å²) >= 11 is 3.52. The Balaban J connectivity index is 2.44. The van der Waals surface area contributed by atoms with Gasteiger partial charge in [-0.15, -0.1) is 0 Å². The van der Waals surface area contributed by atoms with Crippen LogP contribution in [-0.2, 0) is 11.2 Å². The van der Waals surface area contributed by atoms with E-state index >= 15 is 0 Å². The average Bonchev–Trinajstić information content (AvgIpc) is 2.42. The summed E-state index contributed by atoms with van der Waals surface area (Å²) in [4.78, 5) is 13.5. The molecule has 1 atom stereocenters. The highest BCUT2D eigenvalue weighted by molar-refractivity contribution is 9.09. The molecule has 0 radical (unpaired) electrons. The van der Waals surface area contributed by atoms with Crippen LogP contribution in [0.5, 0.6) is 0 Å². The fourth-order valence-electron chi connectivity index (χ4n) is 1.74. The number of halogens is 1. The smallest absolute Gasteiger partial charge is 0.231 e. The van der Waals surface area contributed by atoms with E-state index in [0.29, 0.717) is 11.2 Å². The first-order valence-electron chi connectivity index (χ1n) is 4.63. The third-order valence-electron chi connectivity index (χ3n) is 2.64. The zero-order valence-electron chi connectivity index (χ0n) is 8.25. The second-order valence-corrected chi connectivity index (χ2v) is 5.01. The van der Waals surface area contributed by atoms with Crippen LogP contribution >= 0.6 is 15.9 Å². The third kappa shape index (κ3) is 1.46. The van der Waals surface area contributed by atoms with Crippen LogP contribution in [0.1, 0.15) is 22.9 Å². The largest absolute Gasteiger partial charge is 0.315 e. The normalized spacial score (nSPS) is 17.1. The number of hydrogen-bond donors (Lipinski definition) is 0. The predicted octanol–water partition coefficient (Wildman–Crippen LogP) is 2.66. The van der Waals surface area contributed by atoms with E-state index in [1.54, 1.807) is 4.90 Å². The third-order valence-corrected chi connectivity index (χ3v) is 3.17. The molecule has 74 valence electrons. The fourth-order valence-corrected chi connectivity index (χ4v) is 2.02. The Hall–Kier alpha value is -0.830. The van der Waals surface area contributed by atoms with Gasteiger partial charge in [-0.2, -0.15) is 0 Å². The van der Waals surface area contributed by atoms with Gasteiger partial charge in [0.1, 0.15) is 0 Å². The van der Waals surface area contributed by atoms with Crippen molar-refractivity contribution >= 4 is 27.5 Å². The Morgan fingerprint density at radius 2 is 2.21 bits per heavy atom.